The van der Waals surface area contributed by atoms with Crippen molar-refractivity contribution in [3.8, 4) is 11.5 Å². The van der Waals surface area contributed by atoms with Gasteiger partial charge in [-0.05, 0) is 18.2 Å². The van der Waals surface area contributed by atoms with Gasteiger partial charge in [0.05, 0.1) is 19.7 Å². The van der Waals surface area contributed by atoms with Gasteiger partial charge in [-0.1, -0.05) is 36.0 Å². The van der Waals surface area contributed by atoms with Crippen LogP contribution in [0.1, 0.15) is 17.5 Å². The number of rotatable bonds is 8. The number of methoxy groups -OCH3 is 1. The Labute approximate surface area is 175 Å². The van der Waals surface area contributed by atoms with Crippen LogP contribution >= 0.6 is 11.8 Å². The topological polar surface area (TPSA) is 110 Å². The van der Waals surface area contributed by atoms with E-state index in [4.69, 9.17) is 14.6 Å². The van der Waals surface area contributed by atoms with E-state index in [0.717, 1.165) is 11.8 Å². The summed E-state index contributed by atoms with van der Waals surface area (Å²) in [6, 6.07) is 11.4. The van der Waals surface area contributed by atoms with Gasteiger partial charge in [-0.3, -0.25) is 9.59 Å². The van der Waals surface area contributed by atoms with Crippen molar-refractivity contribution < 1.29 is 28.6 Å². The van der Waals surface area contributed by atoms with Crippen LogP contribution in [-0.2, 0) is 16.2 Å². The third-order valence-electron chi connectivity index (χ3n) is 4.04. The molecule has 2 N–H and O–H groups in total. The number of para-hydroxylation sites is 1. The lowest BCUT2D eigenvalue weighted by atomic mass is 10.2. The van der Waals surface area contributed by atoms with Gasteiger partial charge in [-0.2, -0.15) is 5.10 Å². The summed E-state index contributed by atoms with van der Waals surface area (Å²) in [4.78, 5) is 22.5. The summed E-state index contributed by atoms with van der Waals surface area (Å²) >= 11 is 1.00. The SMILES string of the molecule is COc1cccc(C=NN=C2NC(=O)C(CC(=O)O)S2)c1OCc1ccccc1F. The van der Waals surface area contributed by atoms with Gasteiger partial charge in [0.2, 0.25) is 5.91 Å². The maximum absolute atomic E-state index is 13.9. The number of benzene rings is 2. The molecule has 2 aromatic carbocycles. The Balaban J connectivity index is 1.75. The molecular weight excluding hydrogens is 413 g/mol. The van der Waals surface area contributed by atoms with Gasteiger partial charge in [0, 0.05) is 11.1 Å². The number of nitrogens with zero attached hydrogens (tertiary/aromatic N) is 2. The average Bonchev–Trinajstić information content (AvgIpc) is 3.06. The summed E-state index contributed by atoms with van der Waals surface area (Å²) in [6.07, 6.45) is 1.10. The molecule has 0 radical (unpaired) electrons. The van der Waals surface area contributed by atoms with Gasteiger partial charge in [-0.25, -0.2) is 4.39 Å². The molecule has 0 aliphatic carbocycles. The van der Waals surface area contributed by atoms with E-state index in [0.29, 0.717) is 22.6 Å². The number of hydrogen-bond acceptors (Lipinski definition) is 7. The summed E-state index contributed by atoms with van der Waals surface area (Å²) in [6.45, 7) is -0.00875. The number of thioether (sulfide) groups is 1. The summed E-state index contributed by atoms with van der Waals surface area (Å²) in [5.41, 5.74) is 0.924. The molecule has 0 aromatic heterocycles. The van der Waals surface area contributed by atoms with Crippen molar-refractivity contribution in [1.29, 1.82) is 0 Å². The van der Waals surface area contributed by atoms with Gasteiger partial charge < -0.3 is 19.9 Å². The minimum atomic E-state index is -1.07. The van der Waals surface area contributed by atoms with Gasteiger partial charge >= 0.3 is 5.97 Å². The molecule has 0 bridgehead atoms. The minimum Gasteiger partial charge on any atom is -0.493 e. The molecule has 1 amide bonds. The lowest BCUT2D eigenvalue weighted by Crippen LogP contribution is -2.26. The first-order chi connectivity index (χ1) is 14.5. The highest BCUT2D eigenvalue weighted by Crippen LogP contribution is 2.31. The van der Waals surface area contributed by atoms with Crippen molar-refractivity contribution in [2.24, 2.45) is 10.2 Å². The van der Waals surface area contributed by atoms with Crippen molar-refractivity contribution >= 4 is 35.0 Å². The highest BCUT2D eigenvalue weighted by molar-refractivity contribution is 8.15. The number of carboxylic acids is 1. The largest absolute Gasteiger partial charge is 0.493 e. The number of aliphatic carboxylic acids is 1. The third kappa shape index (κ3) is 5.35. The Morgan fingerprint density at radius 3 is 2.83 bits per heavy atom. The maximum atomic E-state index is 13.9. The molecule has 1 aliphatic rings. The number of carbonyl (C=O) groups is 2. The Kier molecular flexibility index (Phi) is 7.02. The molecule has 1 saturated heterocycles. The number of hydrogen-bond donors (Lipinski definition) is 2. The fraction of sp³-hybridized carbons (Fsp3) is 0.200. The second-order valence-electron chi connectivity index (χ2n) is 6.10. The van der Waals surface area contributed by atoms with Crippen LogP contribution in [0.15, 0.2) is 52.7 Å². The van der Waals surface area contributed by atoms with E-state index in [-0.39, 0.29) is 24.0 Å². The second-order valence-corrected chi connectivity index (χ2v) is 7.29. The number of amides is 1. The molecule has 8 nitrogen and oxygen atoms in total. The molecule has 2 aromatic rings. The predicted octanol–water partition coefficient (Wildman–Crippen LogP) is 2.81. The summed E-state index contributed by atoms with van der Waals surface area (Å²) in [7, 11) is 1.49. The first kappa shape index (κ1) is 21.3. The summed E-state index contributed by atoms with van der Waals surface area (Å²) < 4.78 is 25.0. The van der Waals surface area contributed by atoms with E-state index in [1.165, 1.54) is 19.4 Å². The molecule has 10 heteroatoms. The van der Waals surface area contributed by atoms with Crippen LogP contribution in [0.5, 0.6) is 11.5 Å². The highest BCUT2D eigenvalue weighted by atomic mass is 32.2. The van der Waals surface area contributed by atoms with Crippen LogP contribution in [0.2, 0.25) is 0 Å². The molecule has 3 rings (SSSR count). The van der Waals surface area contributed by atoms with E-state index < -0.39 is 17.1 Å². The lowest BCUT2D eigenvalue weighted by Gasteiger charge is -2.13. The van der Waals surface area contributed by atoms with E-state index >= 15 is 0 Å². The lowest BCUT2D eigenvalue weighted by molar-refractivity contribution is -0.138. The standard InChI is InChI=1S/C20H18FN3O5S/c1-28-15-8-4-6-12(18(15)29-11-13-5-2-3-7-14(13)21)10-22-24-20-23-19(27)16(30-20)9-17(25)26/h2-8,10,16H,9,11H2,1H3,(H,25,26)(H,23,24,27). The van der Waals surface area contributed by atoms with Crippen LogP contribution < -0.4 is 14.8 Å². The third-order valence-corrected chi connectivity index (χ3v) is 5.11. The zero-order valence-corrected chi connectivity index (χ0v) is 16.7. The van der Waals surface area contributed by atoms with Crippen molar-refractivity contribution in [3.05, 3.63) is 59.4 Å². The van der Waals surface area contributed by atoms with E-state index in [9.17, 15) is 14.0 Å². The number of amidine groups is 1. The normalized spacial score (nSPS) is 17.3. The number of halogens is 1. The Morgan fingerprint density at radius 2 is 2.10 bits per heavy atom. The first-order valence-corrected chi connectivity index (χ1v) is 9.69. The van der Waals surface area contributed by atoms with Crippen LogP contribution in [-0.4, -0.2) is 40.7 Å². The monoisotopic (exact) mass is 431 g/mol. The first-order valence-electron chi connectivity index (χ1n) is 8.81. The van der Waals surface area contributed by atoms with Crippen LogP contribution in [0.3, 0.4) is 0 Å². The molecule has 0 saturated carbocycles. The van der Waals surface area contributed by atoms with Crippen LogP contribution in [0, 0.1) is 5.82 Å². The number of carboxylic acid groups (broad SMARTS) is 1. The predicted molar refractivity (Wildman–Crippen MR) is 111 cm³/mol. The molecule has 156 valence electrons. The van der Waals surface area contributed by atoms with E-state index in [1.54, 1.807) is 36.4 Å². The fourth-order valence-electron chi connectivity index (χ4n) is 2.60. The van der Waals surface area contributed by atoms with Crippen molar-refractivity contribution in [2.75, 3.05) is 7.11 Å². The maximum Gasteiger partial charge on any atom is 0.305 e. The van der Waals surface area contributed by atoms with Gasteiger partial charge in [0.15, 0.2) is 16.7 Å². The summed E-state index contributed by atoms with van der Waals surface area (Å²) in [5, 5.41) is 18.6. The molecule has 1 unspecified atom stereocenters. The van der Waals surface area contributed by atoms with Gasteiger partial charge in [0.1, 0.15) is 17.7 Å². The highest BCUT2D eigenvalue weighted by Gasteiger charge is 2.32. The summed E-state index contributed by atoms with van der Waals surface area (Å²) in [5.74, 6) is -1.07. The number of ether oxygens (including phenoxy) is 2. The average molecular weight is 431 g/mol. The molecule has 1 heterocycles. The molecule has 1 fully saturated rings. The molecule has 30 heavy (non-hydrogen) atoms. The van der Waals surface area contributed by atoms with Gasteiger partial charge in [0.25, 0.3) is 0 Å². The number of carbonyl (C=O) groups excluding carboxylic acids is 1. The molecule has 1 atom stereocenters. The zero-order chi connectivity index (χ0) is 21.5. The smallest absolute Gasteiger partial charge is 0.305 e. The molecule has 0 spiro atoms. The van der Waals surface area contributed by atoms with Crippen molar-refractivity contribution in [3.63, 3.8) is 0 Å². The molecule has 1 aliphatic heterocycles. The van der Waals surface area contributed by atoms with E-state index in [2.05, 4.69) is 15.5 Å². The minimum absolute atomic E-state index is 0.00875. The second kappa shape index (κ2) is 9.88. The number of nitrogens with one attached hydrogen (secondary N) is 1. The Morgan fingerprint density at radius 1 is 1.30 bits per heavy atom. The Bertz CT molecular complexity index is 1010. The van der Waals surface area contributed by atoms with E-state index in [1.807, 2.05) is 0 Å². The van der Waals surface area contributed by atoms with Crippen molar-refractivity contribution in [2.45, 2.75) is 18.3 Å². The fourth-order valence-corrected chi connectivity index (χ4v) is 3.52. The quantitative estimate of drug-likeness (QED) is 0.491. The van der Waals surface area contributed by atoms with Crippen LogP contribution in [0.25, 0.3) is 0 Å². The van der Waals surface area contributed by atoms with Gasteiger partial charge in [-0.15, -0.1) is 5.10 Å². The van der Waals surface area contributed by atoms with Crippen LogP contribution in [0.4, 0.5) is 4.39 Å². The zero-order valence-electron chi connectivity index (χ0n) is 15.9. The molecular formula is C20H18FN3O5S. The Hall–Kier alpha value is -3.40. The van der Waals surface area contributed by atoms with Crippen molar-refractivity contribution in [1.82, 2.24) is 5.32 Å².